The van der Waals surface area contributed by atoms with Crippen LogP contribution in [0.25, 0.3) is 0 Å². The van der Waals surface area contributed by atoms with E-state index in [1.54, 1.807) is 0 Å². The van der Waals surface area contributed by atoms with E-state index in [0.717, 1.165) is 17.7 Å². The highest BCUT2D eigenvalue weighted by atomic mass is 19.4. The Kier molecular flexibility index (Phi) is 5.47. The maximum Gasteiger partial charge on any atom is 0.442 e. The van der Waals surface area contributed by atoms with Crippen LogP contribution < -0.4 is 15.8 Å². The largest absolute Gasteiger partial charge is 0.494 e. The van der Waals surface area contributed by atoms with Crippen molar-refractivity contribution in [2.45, 2.75) is 49.6 Å². The lowest BCUT2D eigenvalue weighted by molar-refractivity contribution is -0.166. The first kappa shape index (κ1) is 21.3. The second-order valence-electron chi connectivity index (χ2n) is 7.84. The Morgan fingerprint density at radius 1 is 1.26 bits per heavy atom. The molecule has 1 fully saturated rings. The first-order chi connectivity index (χ1) is 14.7. The van der Waals surface area contributed by atoms with Crippen molar-refractivity contribution in [2.75, 3.05) is 6.61 Å². The Bertz CT molecular complexity index is 985. The maximum atomic E-state index is 13.1. The molecular formula is C22H23F3N4O2. The van der Waals surface area contributed by atoms with Crippen molar-refractivity contribution in [1.29, 1.82) is 0 Å². The molecule has 0 saturated heterocycles. The minimum Gasteiger partial charge on any atom is -0.494 e. The van der Waals surface area contributed by atoms with E-state index >= 15 is 0 Å². The van der Waals surface area contributed by atoms with Gasteiger partial charge in [-0.3, -0.25) is 4.79 Å². The molecule has 1 saturated carbocycles. The number of nitrogens with zero attached hydrogens (tertiary/aromatic N) is 2. The molecule has 4 rings (SSSR count). The van der Waals surface area contributed by atoms with E-state index in [4.69, 9.17) is 10.5 Å². The third-order valence-electron chi connectivity index (χ3n) is 5.56. The number of ether oxygens (including phenoxy) is 1. The van der Waals surface area contributed by atoms with E-state index in [-0.39, 0.29) is 29.9 Å². The van der Waals surface area contributed by atoms with E-state index in [1.165, 1.54) is 24.3 Å². The molecular weight excluding hydrogens is 409 g/mol. The van der Waals surface area contributed by atoms with Crippen LogP contribution in [0.5, 0.6) is 5.75 Å². The Labute approximate surface area is 177 Å². The van der Waals surface area contributed by atoms with Gasteiger partial charge in [0.15, 0.2) is 0 Å². The summed E-state index contributed by atoms with van der Waals surface area (Å²) in [6, 6.07) is 12.7. The van der Waals surface area contributed by atoms with E-state index in [2.05, 4.69) is 15.5 Å². The molecule has 0 spiro atoms. The lowest BCUT2D eigenvalue weighted by Crippen LogP contribution is -2.43. The number of hydrogen-bond donors (Lipinski definition) is 2. The SMILES string of the molecule is CCOc1cccc([C@@H]2C[C@H]2NC(=O)C(N)Cc2ccc(C3(C(F)(F)F)N=N3)cc2)c1. The van der Waals surface area contributed by atoms with E-state index in [1.807, 2.05) is 31.2 Å². The molecule has 1 unspecified atom stereocenters. The lowest BCUT2D eigenvalue weighted by atomic mass is 9.98. The fraction of sp³-hybridized carbons (Fsp3) is 0.409. The summed E-state index contributed by atoms with van der Waals surface area (Å²) < 4.78 is 44.7. The molecule has 3 N–H and O–H groups in total. The number of carbonyl (C=O) groups excluding carboxylic acids is 1. The Morgan fingerprint density at radius 2 is 1.97 bits per heavy atom. The second-order valence-corrected chi connectivity index (χ2v) is 7.84. The zero-order valence-corrected chi connectivity index (χ0v) is 16.9. The van der Waals surface area contributed by atoms with Crippen LogP contribution >= 0.6 is 0 Å². The van der Waals surface area contributed by atoms with Crippen LogP contribution in [0.4, 0.5) is 13.2 Å². The van der Waals surface area contributed by atoms with Gasteiger partial charge in [-0.2, -0.15) is 13.2 Å². The maximum absolute atomic E-state index is 13.1. The fourth-order valence-electron chi connectivity index (χ4n) is 3.68. The normalized spacial score (nSPS) is 22.0. The average Bonchev–Trinajstić information content (AvgIpc) is 3.63. The second kappa shape index (κ2) is 7.96. The van der Waals surface area contributed by atoms with Crippen LogP contribution in [0, 0.1) is 0 Å². The first-order valence-electron chi connectivity index (χ1n) is 10.1. The van der Waals surface area contributed by atoms with Crippen LogP contribution in [-0.4, -0.2) is 30.8 Å². The molecule has 0 aromatic heterocycles. The number of benzene rings is 2. The van der Waals surface area contributed by atoms with Crippen LogP contribution in [-0.2, 0) is 16.9 Å². The number of hydrogen-bond acceptors (Lipinski definition) is 5. The molecule has 1 aliphatic carbocycles. The van der Waals surface area contributed by atoms with Crippen molar-refractivity contribution in [3.05, 3.63) is 65.2 Å². The summed E-state index contributed by atoms with van der Waals surface area (Å²) in [5.74, 6) is 0.744. The van der Waals surface area contributed by atoms with Crippen LogP contribution in [0.3, 0.4) is 0 Å². The number of amides is 1. The molecule has 9 heteroatoms. The van der Waals surface area contributed by atoms with Gasteiger partial charge in [-0.25, -0.2) is 0 Å². The number of halogens is 3. The highest BCUT2D eigenvalue weighted by Crippen LogP contribution is 2.52. The van der Waals surface area contributed by atoms with Gasteiger partial charge in [0, 0.05) is 17.5 Å². The van der Waals surface area contributed by atoms with Gasteiger partial charge < -0.3 is 15.8 Å². The third kappa shape index (κ3) is 4.41. The van der Waals surface area contributed by atoms with Gasteiger partial charge in [0.1, 0.15) is 5.75 Å². The molecule has 0 bridgehead atoms. The van der Waals surface area contributed by atoms with Crippen LogP contribution in [0.1, 0.15) is 36.0 Å². The van der Waals surface area contributed by atoms with Gasteiger partial charge in [-0.15, -0.1) is 10.2 Å². The fourth-order valence-corrected chi connectivity index (χ4v) is 3.68. The Balaban J connectivity index is 1.30. The van der Waals surface area contributed by atoms with Crippen molar-refractivity contribution >= 4 is 5.91 Å². The zero-order chi connectivity index (χ0) is 22.2. The topological polar surface area (TPSA) is 89.1 Å². The minimum absolute atomic E-state index is 0.0162. The average molecular weight is 432 g/mol. The molecule has 31 heavy (non-hydrogen) atoms. The number of carbonyl (C=O) groups is 1. The number of nitrogens with two attached hydrogens (primary N) is 1. The summed E-state index contributed by atoms with van der Waals surface area (Å²) in [5.41, 5.74) is 5.32. The Hall–Kier alpha value is -2.94. The quantitative estimate of drug-likeness (QED) is 0.665. The van der Waals surface area contributed by atoms with Crippen molar-refractivity contribution in [1.82, 2.24) is 5.32 Å². The van der Waals surface area contributed by atoms with Gasteiger partial charge in [0.05, 0.1) is 12.6 Å². The van der Waals surface area contributed by atoms with Crippen molar-refractivity contribution in [2.24, 2.45) is 16.0 Å². The number of nitrogens with one attached hydrogen (secondary N) is 1. The van der Waals surface area contributed by atoms with Gasteiger partial charge >= 0.3 is 11.8 Å². The number of alkyl halides is 3. The first-order valence-corrected chi connectivity index (χ1v) is 10.1. The molecule has 1 amide bonds. The molecule has 0 radical (unpaired) electrons. The molecule has 2 aliphatic rings. The van der Waals surface area contributed by atoms with Gasteiger partial charge in [0.25, 0.3) is 0 Å². The molecule has 2 aromatic rings. The van der Waals surface area contributed by atoms with Gasteiger partial charge in [-0.05, 0) is 43.0 Å². The molecule has 3 atom stereocenters. The van der Waals surface area contributed by atoms with E-state index in [9.17, 15) is 18.0 Å². The van der Waals surface area contributed by atoms with Crippen LogP contribution in [0.15, 0.2) is 58.8 Å². The molecule has 2 aromatic carbocycles. The third-order valence-corrected chi connectivity index (χ3v) is 5.56. The summed E-state index contributed by atoms with van der Waals surface area (Å²) in [7, 11) is 0. The number of rotatable bonds is 8. The van der Waals surface area contributed by atoms with E-state index < -0.39 is 17.9 Å². The Morgan fingerprint density at radius 3 is 2.58 bits per heavy atom. The summed E-state index contributed by atoms with van der Waals surface area (Å²) in [5, 5.41) is 9.33. The van der Waals surface area contributed by atoms with E-state index in [0.29, 0.717) is 12.2 Å². The predicted octanol–water partition coefficient (Wildman–Crippen LogP) is 3.81. The summed E-state index contributed by atoms with van der Waals surface area (Å²) >= 11 is 0. The van der Waals surface area contributed by atoms with Crippen molar-refractivity contribution in [3.63, 3.8) is 0 Å². The van der Waals surface area contributed by atoms with Crippen molar-refractivity contribution < 1.29 is 22.7 Å². The highest BCUT2D eigenvalue weighted by Gasteiger charge is 2.65. The monoisotopic (exact) mass is 432 g/mol. The van der Waals surface area contributed by atoms with Crippen molar-refractivity contribution in [3.8, 4) is 5.75 Å². The zero-order valence-electron chi connectivity index (χ0n) is 16.9. The smallest absolute Gasteiger partial charge is 0.442 e. The molecule has 1 aliphatic heterocycles. The predicted molar refractivity (Wildman–Crippen MR) is 108 cm³/mol. The lowest BCUT2D eigenvalue weighted by Gasteiger charge is -2.16. The summed E-state index contributed by atoms with van der Waals surface area (Å²) in [4.78, 5) is 12.5. The molecule has 1 heterocycles. The molecule has 164 valence electrons. The van der Waals surface area contributed by atoms with Gasteiger partial charge in [-0.1, -0.05) is 36.4 Å². The highest BCUT2D eigenvalue weighted by molar-refractivity contribution is 5.82. The standard InChI is InChI=1S/C22H23F3N4O2/c1-2-31-16-5-3-4-14(11-16)17-12-19(17)27-20(30)18(26)10-13-6-8-15(9-7-13)21(28-29-21)22(23,24)25/h3-9,11,17-19H,2,10,12,26H2,1H3,(H,27,30)/t17-,18?,19+/m0/s1. The van der Waals surface area contributed by atoms with Crippen LogP contribution in [0.2, 0.25) is 0 Å². The summed E-state index contributed by atoms with van der Waals surface area (Å²) in [6.07, 6.45) is -3.51. The van der Waals surface area contributed by atoms with Gasteiger partial charge in [0.2, 0.25) is 5.91 Å². The molecule has 6 nitrogen and oxygen atoms in total. The summed E-state index contributed by atoms with van der Waals surface area (Å²) in [6.45, 7) is 2.51. The minimum atomic E-state index is -4.56.